The quantitative estimate of drug-likeness (QED) is 0.739. The van der Waals surface area contributed by atoms with Crippen molar-refractivity contribution in [1.29, 1.82) is 0 Å². The minimum Gasteiger partial charge on any atom is -0.476 e. The number of anilines is 2. The highest BCUT2D eigenvalue weighted by Gasteiger charge is 2.36. The second kappa shape index (κ2) is 7.70. The zero-order valence-electron chi connectivity index (χ0n) is 16.5. The molecule has 1 aliphatic heterocycles. The maximum Gasteiger partial charge on any atom is 0.267 e. The van der Waals surface area contributed by atoms with Crippen LogP contribution in [0.25, 0.3) is 0 Å². The van der Waals surface area contributed by atoms with E-state index in [1.165, 1.54) is 4.31 Å². The van der Waals surface area contributed by atoms with Crippen LogP contribution in [0.15, 0.2) is 36.4 Å². The summed E-state index contributed by atoms with van der Waals surface area (Å²) in [5.41, 5.74) is 1.62. The molecule has 0 bridgehead atoms. The molecule has 0 radical (unpaired) electrons. The van der Waals surface area contributed by atoms with Crippen molar-refractivity contribution in [3.05, 3.63) is 52.0 Å². The van der Waals surface area contributed by atoms with Crippen molar-refractivity contribution in [2.75, 3.05) is 22.4 Å². The Balaban J connectivity index is 1.93. The molecule has 2 aromatic rings. The molecular formula is C20H22Cl2N2O4S. The monoisotopic (exact) mass is 456 g/mol. The Hall–Kier alpha value is -1.96. The first kappa shape index (κ1) is 21.7. The Kier molecular flexibility index (Phi) is 5.77. The molecule has 1 N–H and O–H groups in total. The maximum atomic E-state index is 12.8. The number of sulfonamides is 1. The standard InChI is InChI=1S/C20H22Cl2N2O4S/c1-20(2,3)12-5-6-17-16(7-12)24(29(4,26)27)11-18(28-17)19(25)23-15-9-13(21)8-14(22)10-15/h5-10,18H,11H2,1-4H3,(H,23,25). The van der Waals surface area contributed by atoms with Gasteiger partial charge in [-0.05, 0) is 41.3 Å². The van der Waals surface area contributed by atoms with Gasteiger partial charge in [0.1, 0.15) is 5.75 Å². The number of carbonyl (C=O) groups excluding carboxylic acids is 1. The van der Waals surface area contributed by atoms with Crippen molar-refractivity contribution in [3.8, 4) is 5.75 Å². The lowest BCUT2D eigenvalue weighted by Gasteiger charge is -2.35. The van der Waals surface area contributed by atoms with Crippen LogP contribution < -0.4 is 14.4 Å². The van der Waals surface area contributed by atoms with Crippen molar-refractivity contribution < 1.29 is 17.9 Å². The highest BCUT2D eigenvalue weighted by Crippen LogP contribution is 2.38. The van der Waals surface area contributed by atoms with Crippen LogP contribution in [0.4, 0.5) is 11.4 Å². The van der Waals surface area contributed by atoms with E-state index >= 15 is 0 Å². The average Bonchev–Trinajstić information content (AvgIpc) is 2.57. The lowest BCUT2D eigenvalue weighted by atomic mass is 9.86. The van der Waals surface area contributed by atoms with E-state index in [0.29, 0.717) is 27.2 Å². The second-order valence-electron chi connectivity index (χ2n) is 7.98. The van der Waals surface area contributed by atoms with Gasteiger partial charge in [0.15, 0.2) is 6.10 Å². The molecule has 1 heterocycles. The van der Waals surface area contributed by atoms with Crippen molar-refractivity contribution >= 4 is 50.5 Å². The number of fused-ring (bicyclic) bond motifs is 1. The third-order valence-electron chi connectivity index (χ3n) is 4.52. The number of carbonyl (C=O) groups is 1. The molecule has 0 spiro atoms. The van der Waals surface area contributed by atoms with Gasteiger partial charge in [0, 0.05) is 15.7 Å². The van der Waals surface area contributed by atoms with Gasteiger partial charge in [0.25, 0.3) is 5.91 Å². The van der Waals surface area contributed by atoms with E-state index < -0.39 is 22.0 Å². The topological polar surface area (TPSA) is 75.7 Å². The average molecular weight is 457 g/mol. The molecular weight excluding hydrogens is 435 g/mol. The predicted molar refractivity (Wildman–Crippen MR) is 117 cm³/mol. The van der Waals surface area contributed by atoms with Crippen LogP contribution in [0, 0.1) is 0 Å². The number of hydrogen-bond acceptors (Lipinski definition) is 4. The number of amides is 1. The normalized spacial score (nSPS) is 16.8. The molecule has 9 heteroatoms. The minimum atomic E-state index is -3.62. The van der Waals surface area contributed by atoms with Gasteiger partial charge in [-0.2, -0.15) is 0 Å². The van der Waals surface area contributed by atoms with E-state index in [9.17, 15) is 13.2 Å². The summed E-state index contributed by atoms with van der Waals surface area (Å²) in [6.45, 7) is 5.97. The number of rotatable bonds is 3. The Bertz CT molecular complexity index is 1040. The summed E-state index contributed by atoms with van der Waals surface area (Å²) in [5, 5.41) is 3.42. The Morgan fingerprint density at radius 2 is 1.76 bits per heavy atom. The summed E-state index contributed by atoms with van der Waals surface area (Å²) in [6.07, 6.45) is 0.0767. The molecule has 0 saturated carbocycles. The second-order valence-corrected chi connectivity index (χ2v) is 10.8. The molecule has 0 saturated heterocycles. The van der Waals surface area contributed by atoms with Crippen LogP contribution in [0.5, 0.6) is 5.75 Å². The lowest BCUT2D eigenvalue weighted by molar-refractivity contribution is -0.122. The van der Waals surface area contributed by atoms with Gasteiger partial charge in [-0.25, -0.2) is 8.42 Å². The third-order valence-corrected chi connectivity index (χ3v) is 6.10. The van der Waals surface area contributed by atoms with E-state index in [0.717, 1.165) is 11.8 Å². The summed E-state index contributed by atoms with van der Waals surface area (Å²) in [6, 6.07) is 10.0. The fourth-order valence-corrected chi connectivity index (χ4v) is 4.45. The largest absolute Gasteiger partial charge is 0.476 e. The molecule has 29 heavy (non-hydrogen) atoms. The van der Waals surface area contributed by atoms with Crippen molar-refractivity contribution in [2.24, 2.45) is 0 Å². The first-order valence-electron chi connectivity index (χ1n) is 8.90. The number of nitrogens with one attached hydrogen (secondary N) is 1. The first-order chi connectivity index (χ1) is 13.3. The summed E-state index contributed by atoms with van der Waals surface area (Å²) < 4.78 is 31.9. The van der Waals surface area contributed by atoms with E-state index in [2.05, 4.69) is 5.32 Å². The molecule has 0 aliphatic carbocycles. The maximum absolute atomic E-state index is 12.8. The summed E-state index contributed by atoms with van der Waals surface area (Å²) >= 11 is 11.9. The molecule has 6 nitrogen and oxygen atoms in total. The Labute approximate surface area is 180 Å². The highest BCUT2D eigenvalue weighted by molar-refractivity contribution is 7.92. The van der Waals surface area contributed by atoms with Crippen LogP contribution in [0.2, 0.25) is 10.0 Å². The van der Waals surface area contributed by atoms with Gasteiger partial charge in [0.05, 0.1) is 18.5 Å². The van der Waals surface area contributed by atoms with Crippen LogP contribution >= 0.6 is 23.2 Å². The van der Waals surface area contributed by atoms with Crippen LogP contribution in [0.1, 0.15) is 26.3 Å². The SMILES string of the molecule is CC(C)(C)c1ccc2c(c1)N(S(C)(=O)=O)CC(C(=O)Nc1cc(Cl)cc(Cl)c1)O2. The number of halogens is 2. The summed E-state index contributed by atoms with van der Waals surface area (Å²) in [7, 11) is -3.62. The van der Waals surface area contributed by atoms with Crippen LogP contribution in [-0.2, 0) is 20.2 Å². The molecule has 3 rings (SSSR count). The number of hydrogen-bond donors (Lipinski definition) is 1. The van der Waals surface area contributed by atoms with Gasteiger partial charge in [-0.1, -0.05) is 50.0 Å². The fraction of sp³-hybridized carbons (Fsp3) is 0.350. The fourth-order valence-electron chi connectivity index (χ4n) is 3.02. The first-order valence-corrected chi connectivity index (χ1v) is 11.5. The van der Waals surface area contributed by atoms with Gasteiger partial charge < -0.3 is 10.1 Å². The molecule has 1 amide bonds. The van der Waals surface area contributed by atoms with Gasteiger partial charge >= 0.3 is 0 Å². The van der Waals surface area contributed by atoms with E-state index in [-0.39, 0.29) is 12.0 Å². The van der Waals surface area contributed by atoms with Gasteiger partial charge in [0.2, 0.25) is 10.0 Å². The molecule has 2 aromatic carbocycles. The Morgan fingerprint density at radius 1 is 1.14 bits per heavy atom. The molecule has 1 aliphatic rings. The molecule has 1 atom stereocenters. The summed E-state index contributed by atoms with van der Waals surface area (Å²) in [5.74, 6) is -0.165. The predicted octanol–water partition coefficient (Wildman–Crippen LogP) is 4.46. The van der Waals surface area contributed by atoms with E-state index in [4.69, 9.17) is 27.9 Å². The lowest BCUT2D eigenvalue weighted by Crippen LogP contribution is -2.48. The van der Waals surface area contributed by atoms with Crippen LogP contribution in [-0.4, -0.2) is 33.2 Å². The van der Waals surface area contributed by atoms with Gasteiger partial charge in [-0.15, -0.1) is 0 Å². The van der Waals surface area contributed by atoms with Crippen molar-refractivity contribution in [3.63, 3.8) is 0 Å². The zero-order chi connectivity index (χ0) is 21.6. The molecule has 156 valence electrons. The smallest absolute Gasteiger partial charge is 0.267 e. The van der Waals surface area contributed by atoms with Crippen molar-refractivity contribution in [1.82, 2.24) is 0 Å². The minimum absolute atomic E-state index is 0.139. The molecule has 0 fully saturated rings. The summed E-state index contributed by atoms with van der Waals surface area (Å²) in [4.78, 5) is 12.8. The number of nitrogens with zero attached hydrogens (tertiary/aromatic N) is 1. The molecule has 1 unspecified atom stereocenters. The molecule has 0 aromatic heterocycles. The van der Waals surface area contributed by atoms with Crippen molar-refractivity contribution in [2.45, 2.75) is 32.3 Å². The third kappa shape index (κ3) is 4.97. The van der Waals surface area contributed by atoms with Crippen LogP contribution in [0.3, 0.4) is 0 Å². The Morgan fingerprint density at radius 3 is 2.31 bits per heavy atom. The zero-order valence-corrected chi connectivity index (χ0v) is 18.8. The highest BCUT2D eigenvalue weighted by atomic mass is 35.5. The van der Waals surface area contributed by atoms with Gasteiger partial charge in [-0.3, -0.25) is 9.10 Å². The number of benzene rings is 2. The number of ether oxygens (including phenoxy) is 1. The van der Waals surface area contributed by atoms with E-state index in [1.807, 2.05) is 26.8 Å². The van der Waals surface area contributed by atoms with E-state index in [1.54, 1.807) is 30.3 Å².